The number of fused-ring (bicyclic) bond motifs is 1. The van der Waals surface area contributed by atoms with E-state index in [0.717, 1.165) is 23.3 Å². The molecule has 3 aromatic rings. The molecule has 0 bridgehead atoms. The summed E-state index contributed by atoms with van der Waals surface area (Å²) >= 11 is 0. The Labute approximate surface area is 182 Å². The maximum absolute atomic E-state index is 13.4. The van der Waals surface area contributed by atoms with Gasteiger partial charge in [0.1, 0.15) is 11.6 Å². The first-order valence-corrected chi connectivity index (χ1v) is 10.4. The van der Waals surface area contributed by atoms with E-state index in [-0.39, 0.29) is 11.9 Å². The quantitative estimate of drug-likeness (QED) is 0.598. The molecule has 1 aliphatic rings. The molecule has 4 rings (SSSR count). The van der Waals surface area contributed by atoms with E-state index in [0.29, 0.717) is 37.1 Å². The Morgan fingerprint density at radius 3 is 2.87 bits per heavy atom. The maximum Gasteiger partial charge on any atom is 0.259 e. The number of nitrogens with one attached hydrogen (secondary N) is 1. The number of carbonyl (C=O) groups excluding carboxylic acids is 1. The maximum atomic E-state index is 13.4. The smallest absolute Gasteiger partial charge is 0.259 e. The molecule has 0 radical (unpaired) electrons. The Balaban J connectivity index is 1.57. The van der Waals surface area contributed by atoms with Crippen LogP contribution in [0, 0.1) is 0 Å². The lowest BCUT2D eigenvalue weighted by molar-refractivity contribution is 0.0975. The van der Waals surface area contributed by atoms with Crippen molar-refractivity contribution in [2.75, 3.05) is 37.1 Å². The molecule has 160 valence electrons. The van der Waals surface area contributed by atoms with Gasteiger partial charge in [-0.05, 0) is 42.3 Å². The fraction of sp³-hybridized carbons (Fsp3) is 0.292. The number of hydrogen-bond donors (Lipinski definition) is 1. The van der Waals surface area contributed by atoms with Gasteiger partial charge in [0.2, 0.25) is 5.95 Å². The van der Waals surface area contributed by atoms with Crippen LogP contribution < -0.4 is 15.0 Å². The Morgan fingerprint density at radius 1 is 1.23 bits per heavy atom. The predicted octanol–water partition coefficient (Wildman–Crippen LogP) is 3.88. The van der Waals surface area contributed by atoms with Gasteiger partial charge < -0.3 is 14.8 Å². The van der Waals surface area contributed by atoms with E-state index in [1.54, 1.807) is 30.3 Å². The molecule has 0 aliphatic carbocycles. The third-order valence-electron chi connectivity index (χ3n) is 5.26. The minimum Gasteiger partial charge on any atom is -0.493 e. The van der Waals surface area contributed by atoms with E-state index < -0.39 is 0 Å². The van der Waals surface area contributed by atoms with Crippen LogP contribution >= 0.6 is 0 Å². The molecule has 0 fully saturated rings. The number of ether oxygens (including phenoxy) is 2. The van der Waals surface area contributed by atoms with Crippen LogP contribution in [-0.4, -0.2) is 42.7 Å². The fourth-order valence-corrected chi connectivity index (χ4v) is 3.57. The minimum atomic E-state index is -0.132. The number of anilines is 2. The molecular weight excluding hydrogens is 392 g/mol. The lowest BCUT2D eigenvalue weighted by Gasteiger charge is -2.23. The van der Waals surface area contributed by atoms with Gasteiger partial charge in [-0.3, -0.25) is 9.69 Å². The molecule has 31 heavy (non-hydrogen) atoms. The zero-order chi connectivity index (χ0) is 21.6. The van der Waals surface area contributed by atoms with Crippen molar-refractivity contribution in [2.24, 2.45) is 0 Å². The molecule has 1 aromatic heterocycles. The highest BCUT2D eigenvalue weighted by Gasteiger charge is 2.22. The van der Waals surface area contributed by atoms with Gasteiger partial charge in [0.15, 0.2) is 0 Å². The SMILES string of the molecule is COCCN(C(=O)c1ccc2c(c1)CCO2)c1ccnc(N[C@@H](C)c2ccccc2)n1. The standard InChI is InChI=1S/C24H26N4O3/c1-17(18-6-4-3-5-7-18)26-24-25-12-10-22(27-24)28(13-15-30-2)23(29)20-8-9-21-19(16-20)11-14-31-21/h3-10,12,16-17H,11,13-15H2,1-2H3,(H,25,26,27)/t17-/m0/s1. The number of rotatable bonds is 8. The molecule has 0 unspecified atom stereocenters. The minimum absolute atomic E-state index is 0.0243. The van der Waals surface area contributed by atoms with Crippen molar-refractivity contribution in [3.05, 3.63) is 77.5 Å². The molecule has 1 N–H and O–H groups in total. The first-order chi connectivity index (χ1) is 15.2. The molecule has 1 amide bonds. The van der Waals surface area contributed by atoms with Gasteiger partial charge in [0.05, 0.1) is 25.8 Å². The molecule has 7 nitrogen and oxygen atoms in total. The fourth-order valence-electron chi connectivity index (χ4n) is 3.57. The topological polar surface area (TPSA) is 76.6 Å². The third-order valence-corrected chi connectivity index (χ3v) is 5.26. The summed E-state index contributed by atoms with van der Waals surface area (Å²) in [6.07, 6.45) is 2.47. The Hall–Kier alpha value is -3.45. The van der Waals surface area contributed by atoms with Crippen LogP contribution in [0.3, 0.4) is 0 Å². The normalized spacial score (nSPS) is 13.2. The highest BCUT2D eigenvalue weighted by Crippen LogP contribution is 2.27. The highest BCUT2D eigenvalue weighted by molar-refractivity contribution is 6.05. The summed E-state index contributed by atoms with van der Waals surface area (Å²) in [6.45, 7) is 3.48. The predicted molar refractivity (Wildman–Crippen MR) is 120 cm³/mol. The van der Waals surface area contributed by atoms with Gasteiger partial charge in [-0.15, -0.1) is 0 Å². The van der Waals surface area contributed by atoms with Crippen LogP contribution in [0.1, 0.15) is 34.5 Å². The second-order valence-electron chi connectivity index (χ2n) is 7.39. The number of amides is 1. The van der Waals surface area contributed by atoms with Crippen molar-refractivity contribution >= 4 is 17.7 Å². The Bertz CT molecular complexity index is 1040. The summed E-state index contributed by atoms with van der Waals surface area (Å²) in [5, 5.41) is 3.31. The van der Waals surface area contributed by atoms with Gasteiger partial charge in [0, 0.05) is 25.3 Å². The van der Waals surface area contributed by atoms with E-state index in [4.69, 9.17) is 9.47 Å². The molecule has 7 heteroatoms. The molecule has 0 saturated carbocycles. The van der Waals surface area contributed by atoms with Crippen molar-refractivity contribution in [3.8, 4) is 5.75 Å². The molecule has 0 saturated heterocycles. The van der Waals surface area contributed by atoms with Gasteiger partial charge in [0.25, 0.3) is 5.91 Å². The zero-order valence-corrected chi connectivity index (χ0v) is 17.7. The second kappa shape index (κ2) is 9.57. The number of benzene rings is 2. The number of hydrogen-bond acceptors (Lipinski definition) is 6. The molecular formula is C24H26N4O3. The van der Waals surface area contributed by atoms with Crippen molar-refractivity contribution in [2.45, 2.75) is 19.4 Å². The Morgan fingerprint density at radius 2 is 2.06 bits per heavy atom. The zero-order valence-electron chi connectivity index (χ0n) is 17.7. The van der Waals surface area contributed by atoms with Gasteiger partial charge in [-0.1, -0.05) is 30.3 Å². The van der Waals surface area contributed by atoms with Gasteiger partial charge >= 0.3 is 0 Å². The van der Waals surface area contributed by atoms with Crippen molar-refractivity contribution < 1.29 is 14.3 Å². The van der Waals surface area contributed by atoms with Gasteiger partial charge in [-0.2, -0.15) is 4.98 Å². The second-order valence-corrected chi connectivity index (χ2v) is 7.39. The van der Waals surface area contributed by atoms with E-state index in [2.05, 4.69) is 15.3 Å². The first kappa shape index (κ1) is 20.8. The van der Waals surface area contributed by atoms with E-state index >= 15 is 0 Å². The summed E-state index contributed by atoms with van der Waals surface area (Å²) in [7, 11) is 1.61. The average molecular weight is 418 g/mol. The van der Waals surface area contributed by atoms with E-state index in [1.165, 1.54) is 0 Å². The number of nitrogens with zero attached hydrogens (tertiary/aromatic N) is 3. The number of carbonyl (C=O) groups is 1. The van der Waals surface area contributed by atoms with Crippen LogP contribution in [0.5, 0.6) is 5.75 Å². The van der Waals surface area contributed by atoms with Crippen LogP contribution in [-0.2, 0) is 11.2 Å². The van der Waals surface area contributed by atoms with Crippen LogP contribution in [0.2, 0.25) is 0 Å². The number of aromatic nitrogens is 2. The van der Waals surface area contributed by atoms with E-state index in [9.17, 15) is 4.79 Å². The largest absolute Gasteiger partial charge is 0.493 e. The molecule has 1 atom stereocenters. The third kappa shape index (κ3) is 4.83. The van der Waals surface area contributed by atoms with Crippen LogP contribution in [0.25, 0.3) is 0 Å². The highest BCUT2D eigenvalue weighted by atomic mass is 16.5. The van der Waals surface area contributed by atoms with Crippen molar-refractivity contribution in [3.63, 3.8) is 0 Å². The summed E-state index contributed by atoms with van der Waals surface area (Å²) in [5.41, 5.74) is 2.79. The van der Waals surface area contributed by atoms with Crippen LogP contribution in [0.4, 0.5) is 11.8 Å². The monoisotopic (exact) mass is 418 g/mol. The number of methoxy groups -OCH3 is 1. The van der Waals surface area contributed by atoms with Crippen LogP contribution in [0.15, 0.2) is 60.8 Å². The summed E-state index contributed by atoms with van der Waals surface area (Å²) in [6, 6.07) is 17.4. The lowest BCUT2D eigenvalue weighted by atomic mass is 10.1. The van der Waals surface area contributed by atoms with Crippen molar-refractivity contribution in [1.82, 2.24) is 9.97 Å². The molecule has 2 aromatic carbocycles. The summed E-state index contributed by atoms with van der Waals surface area (Å²) in [5.74, 6) is 1.71. The average Bonchev–Trinajstić information content (AvgIpc) is 3.28. The van der Waals surface area contributed by atoms with E-state index in [1.807, 2.05) is 49.4 Å². The van der Waals surface area contributed by atoms with Gasteiger partial charge in [-0.25, -0.2) is 4.98 Å². The first-order valence-electron chi connectivity index (χ1n) is 10.4. The molecule has 1 aliphatic heterocycles. The molecule has 2 heterocycles. The van der Waals surface area contributed by atoms with Crippen molar-refractivity contribution in [1.29, 1.82) is 0 Å². The lowest BCUT2D eigenvalue weighted by Crippen LogP contribution is -2.35. The summed E-state index contributed by atoms with van der Waals surface area (Å²) < 4.78 is 10.8. The molecule has 0 spiro atoms. The summed E-state index contributed by atoms with van der Waals surface area (Å²) in [4.78, 5) is 23.9. The Kier molecular flexibility index (Phi) is 6.43.